The highest BCUT2D eigenvalue weighted by Gasteiger charge is 2.26. The highest BCUT2D eigenvalue weighted by molar-refractivity contribution is 7.10. The fraction of sp³-hybridized carbons (Fsp3) is 0.643. The molecular formula is C14H21NO2S. The van der Waals surface area contributed by atoms with Gasteiger partial charge in [-0.2, -0.15) is 0 Å². The average Bonchev–Trinajstić information content (AvgIpc) is 2.80. The second-order valence-corrected chi connectivity index (χ2v) is 6.36. The molecule has 0 spiro atoms. The highest BCUT2D eigenvalue weighted by Crippen LogP contribution is 2.29. The molecule has 1 aliphatic rings. The van der Waals surface area contributed by atoms with Crippen LogP contribution >= 0.6 is 11.3 Å². The van der Waals surface area contributed by atoms with Gasteiger partial charge in [0.25, 0.3) is 0 Å². The maximum atomic E-state index is 10.8. The Morgan fingerprint density at radius 1 is 1.50 bits per heavy atom. The molecule has 0 bridgehead atoms. The van der Waals surface area contributed by atoms with E-state index in [2.05, 4.69) is 19.2 Å². The molecule has 1 fully saturated rings. The van der Waals surface area contributed by atoms with Gasteiger partial charge in [0.2, 0.25) is 0 Å². The minimum Gasteiger partial charge on any atom is -0.478 e. The highest BCUT2D eigenvalue weighted by atomic mass is 32.1. The van der Waals surface area contributed by atoms with Crippen LogP contribution in [0.4, 0.5) is 0 Å². The average molecular weight is 267 g/mol. The second-order valence-electron chi connectivity index (χ2n) is 5.36. The molecule has 2 N–H and O–H groups in total. The lowest BCUT2D eigenvalue weighted by atomic mass is 9.78. The van der Waals surface area contributed by atoms with Gasteiger partial charge in [-0.1, -0.05) is 26.7 Å². The molecular weight excluding hydrogens is 246 g/mol. The first-order valence-electron chi connectivity index (χ1n) is 6.62. The molecule has 1 heterocycles. The fourth-order valence-corrected chi connectivity index (χ4v) is 3.50. The van der Waals surface area contributed by atoms with E-state index < -0.39 is 5.97 Å². The number of hydrogen-bond acceptors (Lipinski definition) is 3. The fourth-order valence-electron chi connectivity index (χ4n) is 2.69. The van der Waals surface area contributed by atoms with Crippen LogP contribution in [0.5, 0.6) is 0 Å². The number of carboxylic acid groups (broad SMARTS) is 1. The zero-order chi connectivity index (χ0) is 13.1. The van der Waals surface area contributed by atoms with E-state index in [1.54, 1.807) is 11.4 Å². The van der Waals surface area contributed by atoms with E-state index in [1.165, 1.54) is 30.6 Å². The number of carboxylic acids is 1. The number of rotatable bonds is 4. The van der Waals surface area contributed by atoms with Gasteiger partial charge in [-0.05, 0) is 24.3 Å². The molecule has 3 nitrogen and oxygen atoms in total. The summed E-state index contributed by atoms with van der Waals surface area (Å²) < 4.78 is 0. The van der Waals surface area contributed by atoms with Gasteiger partial charge in [-0.15, -0.1) is 11.3 Å². The van der Waals surface area contributed by atoms with Gasteiger partial charge >= 0.3 is 5.97 Å². The molecule has 100 valence electrons. The number of carbonyl (C=O) groups is 1. The molecule has 18 heavy (non-hydrogen) atoms. The van der Waals surface area contributed by atoms with Gasteiger partial charge in [0.05, 0.1) is 5.56 Å². The zero-order valence-corrected chi connectivity index (χ0v) is 11.8. The van der Waals surface area contributed by atoms with Crippen LogP contribution in [0.25, 0.3) is 0 Å². The molecule has 0 aromatic carbocycles. The SMILES string of the molecule is CC1CCCC(NCc2cc(C(=O)O)cs2)C1C. The first-order valence-corrected chi connectivity index (χ1v) is 7.50. The first-order chi connectivity index (χ1) is 8.58. The largest absolute Gasteiger partial charge is 0.478 e. The van der Waals surface area contributed by atoms with Gasteiger partial charge in [-0.3, -0.25) is 0 Å². The third-order valence-electron chi connectivity index (χ3n) is 4.15. The van der Waals surface area contributed by atoms with Gasteiger partial charge in [0.15, 0.2) is 0 Å². The summed E-state index contributed by atoms with van der Waals surface area (Å²) in [5, 5.41) is 14.2. The van der Waals surface area contributed by atoms with Gasteiger partial charge in [-0.25, -0.2) is 4.79 Å². The standard InChI is InChI=1S/C14H21NO2S/c1-9-4-3-5-13(10(9)2)15-7-12-6-11(8-18-12)14(16)17/h6,8-10,13,15H,3-5,7H2,1-2H3,(H,16,17). The quantitative estimate of drug-likeness (QED) is 0.879. The Kier molecular flexibility index (Phi) is 4.40. The Bertz CT molecular complexity index is 416. The van der Waals surface area contributed by atoms with Crippen molar-refractivity contribution in [3.05, 3.63) is 21.9 Å². The van der Waals surface area contributed by atoms with Crippen LogP contribution in [0.1, 0.15) is 48.3 Å². The van der Waals surface area contributed by atoms with E-state index in [9.17, 15) is 4.79 Å². The molecule has 2 rings (SSSR count). The van der Waals surface area contributed by atoms with E-state index in [4.69, 9.17) is 5.11 Å². The lowest BCUT2D eigenvalue weighted by molar-refractivity contribution is 0.0697. The smallest absolute Gasteiger partial charge is 0.336 e. The van der Waals surface area contributed by atoms with Crippen LogP contribution in [-0.2, 0) is 6.54 Å². The zero-order valence-electron chi connectivity index (χ0n) is 11.0. The van der Waals surface area contributed by atoms with Gasteiger partial charge < -0.3 is 10.4 Å². The van der Waals surface area contributed by atoms with Crippen molar-refractivity contribution in [2.24, 2.45) is 11.8 Å². The van der Waals surface area contributed by atoms with E-state index in [0.717, 1.165) is 17.3 Å². The van der Waals surface area contributed by atoms with Crippen molar-refractivity contribution in [1.29, 1.82) is 0 Å². The third kappa shape index (κ3) is 3.12. The maximum absolute atomic E-state index is 10.8. The van der Waals surface area contributed by atoms with Gasteiger partial charge in [0.1, 0.15) is 0 Å². The summed E-state index contributed by atoms with van der Waals surface area (Å²) in [5.74, 6) is 0.656. The molecule has 0 saturated heterocycles. The number of nitrogens with one attached hydrogen (secondary N) is 1. The lowest BCUT2D eigenvalue weighted by Crippen LogP contribution is -2.40. The van der Waals surface area contributed by atoms with Crippen molar-refractivity contribution in [3.63, 3.8) is 0 Å². The Morgan fingerprint density at radius 3 is 2.94 bits per heavy atom. The van der Waals surface area contributed by atoms with Crippen molar-refractivity contribution in [2.45, 2.75) is 45.7 Å². The van der Waals surface area contributed by atoms with Crippen LogP contribution in [-0.4, -0.2) is 17.1 Å². The molecule has 0 aliphatic heterocycles. The second kappa shape index (κ2) is 5.85. The molecule has 1 aromatic rings. The summed E-state index contributed by atoms with van der Waals surface area (Å²) in [5.41, 5.74) is 0.405. The Hall–Kier alpha value is -0.870. The lowest BCUT2D eigenvalue weighted by Gasteiger charge is -2.34. The molecule has 1 aromatic heterocycles. The van der Waals surface area contributed by atoms with E-state index in [0.29, 0.717) is 17.5 Å². The molecule has 0 radical (unpaired) electrons. The molecule has 1 aliphatic carbocycles. The molecule has 3 unspecified atom stereocenters. The number of aromatic carboxylic acids is 1. The minimum absolute atomic E-state index is 0.405. The summed E-state index contributed by atoms with van der Waals surface area (Å²) in [7, 11) is 0. The van der Waals surface area contributed by atoms with Crippen LogP contribution in [0.15, 0.2) is 11.4 Å². The summed E-state index contributed by atoms with van der Waals surface area (Å²) in [6.45, 7) is 5.43. The van der Waals surface area contributed by atoms with E-state index in [1.807, 2.05) is 0 Å². The van der Waals surface area contributed by atoms with Crippen molar-refractivity contribution < 1.29 is 9.90 Å². The van der Waals surface area contributed by atoms with Crippen LogP contribution in [0.3, 0.4) is 0 Å². The Morgan fingerprint density at radius 2 is 2.28 bits per heavy atom. The Balaban J connectivity index is 1.88. The third-order valence-corrected chi connectivity index (χ3v) is 5.08. The predicted molar refractivity (Wildman–Crippen MR) is 74.1 cm³/mol. The van der Waals surface area contributed by atoms with E-state index in [-0.39, 0.29) is 0 Å². The first kappa shape index (κ1) is 13.6. The topological polar surface area (TPSA) is 49.3 Å². The van der Waals surface area contributed by atoms with Crippen molar-refractivity contribution in [2.75, 3.05) is 0 Å². The van der Waals surface area contributed by atoms with Gasteiger partial charge in [0, 0.05) is 22.8 Å². The molecule has 3 atom stereocenters. The molecule has 0 amide bonds. The van der Waals surface area contributed by atoms with Crippen molar-refractivity contribution in [3.8, 4) is 0 Å². The Labute approximate surface area is 112 Å². The summed E-state index contributed by atoms with van der Waals surface area (Å²) in [6, 6.07) is 2.35. The van der Waals surface area contributed by atoms with Crippen LogP contribution in [0, 0.1) is 11.8 Å². The summed E-state index contributed by atoms with van der Waals surface area (Å²) in [4.78, 5) is 11.9. The monoisotopic (exact) mass is 267 g/mol. The minimum atomic E-state index is -0.836. The van der Waals surface area contributed by atoms with Crippen molar-refractivity contribution >= 4 is 17.3 Å². The summed E-state index contributed by atoms with van der Waals surface area (Å²) in [6.07, 6.45) is 3.87. The van der Waals surface area contributed by atoms with E-state index >= 15 is 0 Å². The van der Waals surface area contributed by atoms with Crippen molar-refractivity contribution in [1.82, 2.24) is 5.32 Å². The number of thiophene rings is 1. The normalized spacial score (nSPS) is 28.2. The number of hydrogen-bond donors (Lipinski definition) is 2. The molecule has 1 saturated carbocycles. The maximum Gasteiger partial charge on any atom is 0.336 e. The summed E-state index contributed by atoms with van der Waals surface area (Å²) >= 11 is 1.53. The van der Waals surface area contributed by atoms with Crippen LogP contribution < -0.4 is 5.32 Å². The van der Waals surface area contributed by atoms with Crippen LogP contribution in [0.2, 0.25) is 0 Å². The molecule has 4 heteroatoms. The predicted octanol–water partition coefficient (Wildman–Crippen LogP) is 3.36.